The lowest BCUT2D eigenvalue weighted by Crippen LogP contribution is -2.55. The molecule has 2 aromatic rings. The first kappa shape index (κ1) is 29.0. The molecule has 2 aromatic carbocycles. The fraction of sp³-hybridized carbons (Fsp3) is 0.517. The van der Waals surface area contributed by atoms with Crippen molar-refractivity contribution in [3.05, 3.63) is 65.7 Å². The second-order valence-electron chi connectivity index (χ2n) is 10.7. The largest absolute Gasteiger partial charge is 0.374 e. The van der Waals surface area contributed by atoms with Crippen molar-refractivity contribution in [1.29, 1.82) is 0 Å². The molecule has 1 atom stereocenters. The van der Waals surface area contributed by atoms with Gasteiger partial charge in [0.1, 0.15) is 6.04 Å². The van der Waals surface area contributed by atoms with Crippen molar-refractivity contribution in [2.24, 2.45) is 0 Å². The maximum atomic E-state index is 13.7. The van der Waals surface area contributed by atoms with Crippen molar-refractivity contribution in [1.82, 2.24) is 15.1 Å². The Bertz CT molecular complexity index is 1250. The van der Waals surface area contributed by atoms with Gasteiger partial charge >= 0.3 is 0 Å². The summed E-state index contributed by atoms with van der Waals surface area (Å²) in [5.41, 5.74) is 2.42. The van der Waals surface area contributed by atoms with E-state index in [0.717, 1.165) is 23.4 Å². The number of sulfonamides is 1. The molecule has 1 spiro atoms. The number of ether oxygens (including phenoxy) is 1. The van der Waals surface area contributed by atoms with Gasteiger partial charge in [0.05, 0.1) is 25.2 Å². The molecule has 0 aromatic heterocycles. The number of anilines is 1. The van der Waals surface area contributed by atoms with Gasteiger partial charge in [0.15, 0.2) is 0 Å². The lowest BCUT2D eigenvalue weighted by molar-refractivity contribution is -0.139. The van der Waals surface area contributed by atoms with Crippen LogP contribution in [0.15, 0.2) is 54.6 Å². The third-order valence-electron chi connectivity index (χ3n) is 7.91. The minimum Gasteiger partial charge on any atom is -0.374 e. The summed E-state index contributed by atoms with van der Waals surface area (Å²) in [5.74, 6) is -0.347. The SMILES string of the molecule is CCN(C)CCC(=O)N[C@H](COCc1ccccc1)C(=O)N1CCC2(CC1)CN(S(C)(=O)=O)c1ccccc12. The molecular formula is C29H40N4O5S. The third kappa shape index (κ3) is 6.98. The lowest BCUT2D eigenvalue weighted by atomic mass is 9.74. The average molecular weight is 557 g/mol. The number of amides is 2. The van der Waals surface area contributed by atoms with Crippen molar-refractivity contribution in [2.45, 2.75) is 44.2 Å². The van der Waals surface area contributed by atoms with E-state index in [-0.39, 0.29) is 23.8 Å². The van der Waals surface area contributed by atoms with E-state index in [1.807, 2.05) is 73.5 Å². The molecule has 212 valence electrons. The Balaban J connectivity index is 1.43. The van der Waals surface area contributed by atoms with Crippen LogP contribution in [-0.2, 0) is 36.4 Å². The third-order valence-corrected chi connectivity index (χ3v) is 9.04. The van der Waals surface area contributed by atoms with Crippen molar-refractivity contribution in [3.63, 3.8) is 0 Å². The Morgan fingerprint density at radius 2 is 1.74 bits per heavy atom. The van der Waals surface area contributed by atoms with Gasteiger partial charge in [-0.15, -0.1) is 0 Å². The number of hydrogen-bond acceptors (Lipinski definition) is 6. The highest BCUT2D eigenvalue weighted by Crippen LogP contribution is 2.47. The predicted octanol–water partition coefficient (Wildman–Crippen LogP) is 2.37. The van der Waals surface area contributed by atoms with Gasteiger partial charge in [-0.05, 0) is 43.6 Å². The molecule has 2 aliphatic heterocycles. The molecule has 2 amide bonds. The molecule has 39 heavy (non-hydrogen) atoms. The number of fused-ring (bicyclic) bond motifs is 2. The molecule has 0 radical (unpaired) electrons. The molecule has 10 heteroatoms. The molecule has 1 fully saturated rings. The van der Waals surface area contributed by atoms with E-state index in [2.05, 4.69) is 5.32 Å². The van der Waals surface area contributed by atoms with Crippen molar-refractivity contribution in [3.8, 4) is 0 Å². The molecular weight excluding hydrogens is 516 g/mol. The van der Waals surface area contributed by atoms with Crippen molar-refractivity contribution >= 4 is 27.5 Å². The number of likely N-dealkylation sites (tertiary alicyclic amines) is 1. The number of nitrogens with one attached hydrogen (secondary N) is 1. The molecule has 0 bridgehead atoms. The summed E-state index contributed by atoms with van der Waals surface area (Å²) in [5, 5.41) is 2.91. The Labute approximate surface area is 232 Å². The van der Waals surface area contributed by atoms with E-state index < -0.39 is 16.1 Å². The molecule has 4 rings (SSSR count). The Morgan fingerprint density at radius 3 is 2.41 bits per heavy atom. The Hall–Kier alpha value is -2.95. The minimum atomic E-state index is -3.41. The number of carbonyl (C=O) groups is 2. The van der Waals surface area contributed by atoms with E-state index in [0.29, 0.717) is 52.0 Å². The molecule has 2 aliphatic rings. The lowest BCUT2D eigenvalue weighted by Gasteiger charge is -2.41. The molecule has 9 nitrogen and oxygen atoms in total. The minimum absolute atomic E-state index is 0.0788. The van der Waals surface area contributed by atoms with Crippen LogP contribution < -0.4 is 9.62 Å². The van der Waals surface area contributed by atoms with Gasteiger partial charge in [0.25, 0.3) is 0 Å². The van der Waals surface area contributed by atoms with Crippen LogP contribution in [0.1, 0.15) is 37.3 Å². The first-order valence-electron chi connectivity index (χ1n) is 13.6. The molecule has 0 saturated carbocycles. The zero-order chi connectivity index (χ0) is 28.0. The summed E-state index contributed by atoms with van der Waals surface area (Å²) in [6.07, 6.45) is 2.83. The van der Waals surface area contributed by atoms with Gasteiger partial charge in [-0.25, -0.2) is 8.42 Å². The summed E-state index contributed by atoms with van der Waals surface area (Å²) in [6.45, 7) is 5.25. The number of piperidine rings is 1. The second kappa shape index (κ2) is 12.5. The van der Waals surface area contributed by atoms with Crippen LogP contribution in [0.25, 0.3) is 0 Å². The molecule has 0 unspecified atom stereocenters. The number of para-hydroxylation sites is 1. The zero-order valence-electron chi connectivity index (χ0n) is 23.1. The number of nitrogens with zero attached hydrogens (tertiary/aromatic N) is 3. The highest BCUT2D eigenvalue weighted by molar-refractivity contribution is 7.92. The smallest absolute Gasteiger partial charge is 0.247 e. The number of rotatable bonds is 11. The number of hydrogen-bond donors (Lipinski definition) is 1. The van der Waals surface area contributed by atoms with Crippen LogP contribution in [-0.4, -0.2) is 88.7 Å². The summed E-state index contributed by atoms with van der Waals surface area (Å²) >= 11 is 0. The average Bonchev–Trinajstić information content (AvgIpc) is 3.26. The van der Waals surface area contributed by atoms with Gasteiger partial charge in [-0.3, -0.25) is 13.9 Å². The first-order valence-corrected chi connectivity index (χ1v) is 15.4. The van der Waals surface area contributed by atoms with E-state index in [9.17, 15) is 18.0 Å². The molecule has 0 aliphatic carbocycles. The molecule has 1 saturated heterocycles. The summed E-state index contributed by atoms with van der Waals surface area (Å²) < 4.78 is 32.4. The van der Waals surface area contributed by atoms with Gasteiger partial charge in [-0.1, -0.05) is 55.5 Å². The van der Waals surface area contributed by atoms with Crippen LogP contribution in [0.2, 0.25) is 0 Å². The van der Waals surface area contributed by atoms with Gasteiger partial charge < -0.3 is 19.9 Å². The zero-order valence-corrected chi connectivity index (χ0v) is 24.0. The van der Waals surface area contributed by atoms with Gasteiger partial charge in [0, 0.05) is 38.0 Å². The normalized spacial score (nSPS) is 17.3. The Kier molecular flexibility index (Phi) is 9.30. The van der Waals surface area contributed by atoms with Crippen LogP contribution in [0.3, 0.4) is 0 Å². The monoisotopic (exact) mass is 556 g/mol. The topological polar surface area (TPSA) is 99.3 Å². The predicted molar refractivity (Wildman–Crippen MR) is 152 cm³/mol. The van der Waals surface area contributed by atoms with E-state index >= 15 is 0 Å². The number of benzene rings is 2. The molecule has 2 heterocycles. The van der Waals surface area contributed by atoms with Crippen LogP contribution >= 0.6 is 0 Å². The standard InChI is InChI=1S/C29H40N4O5S/c1-4-31(2)17-14-27(34)30-25(21-38-20-23-10-6-5-7-11-23)28(35)32-18-15-29(16-19-32)22-33(39(3,36)37)26-13-9-8-12-24(26)29/h5-13,25H,4,14-22H2,1-3H3,(H,30,34)/t25-/m1/s1. The van der Waals surface area contributed by atoms with Crippen LogP contribution in [0.5, 0.6) is 0 Å². The summed E-state index contributed by atoms with van der Waals surface area (Å²) in [6, 6.07) is 16.6. The quantitative estimate of drug-likeness (QED) is 0.456. The summed E-state index contributed by atoms with van der Waals surface area (Å²) in [4.78, 5) is 30.2. The maximum Gasteiger partial charge on any atom is 0.247 e. The van der Waals surface area contributed by atoms with Crippen LogP contribution in [0.4, 0.5) is 5.69 Å². The van der Waals surface area contributed by atoms with E-state index in [1.165, 1.54) is 10.6 Å². The number of carbonyl (C=O) groups excluding carboxylic acids is 2. The van der Waals surface area contributed by atoms with Crippen molar-refractivity contribution in [2.75, 3.05) is 56.9 Å². The van der Waals surface area contributed by atoms with Crippen LogP contribution in [0, 0.1) is 0 Å². The fourth-order valence-electron chi connectivity index (χ4n) is 5.44. The highest BCUT2D eigenvalue weighted by atomic mass is 32.2. The van der Waals surface area contributed by atoms with Gasteiger partial charge in [-0.2, -0.15) is 0 Å². The summed E-state index contributed by atoms with van der Waals surface area (Å²) in [7, 11) is -1.46. The van der Waals surface area contributed by atoms with E-state index in [4.69, 9.17) is 4.74 Å². The molecule has 1 N–H and O–H groups in total. The van der Waals surface area contributed by atoms with E-state index in [1.54, 1.807) is 4.90 Å². The second-order valence-corrected chi connectivity index (χ2v) is 12.6. The van der Waals surface area contributed by atoms with Gasteiger partial charge in [0.2, 0.25) is 21.8 Å². The maximum absolute atomic E-state index is 13.7. The fourth-order valence-corrected chi connectivity index (χ4v) is 6.44. The highest BCUT2D eigenvalue weighted by Gasteiger charge is 2.47. The Morgan fingerprint density at radius 1 is 1.08 bits per heavy atom. The van der Waals surface area contributed by atoms with Crippen molar-refractivity contribution < 1.29 is 22.7 Å². The first-order chi connectivity index (χ1) is 18.6.